The number of amides is 2. The van der Waals surface area contributed by atoms with Crippen molar-refractivity contribution in [1.29, 1.82) is 0 Å². The summed E-state index contributed by atoms with van der Waals surface area (Å²) in [6, 6.07) is 17.5. The normalized spacial score (nSPS) is 11.9. The Balaban J connectivity index is 1.50. The molecular weight excluding hydrogens is 378 g/mol. The molecule has 1 aromatic heterocycles. The molecule has 0 aliphatic heterocycles. The molecule has 0 bridgehead atoms. The van der Waals surface area contributed by atoms with E-state index in [1.807, 2.05) is 61.5 Å². The quantitative estimate of drug-likeness (QED) is 0.463. The van der Waals surface area contributed by atoms with E-state index in [0.29, 0.717) is 0 Å². The van der Waals surface area contributed by atoms with Gasteiger partial charge in [-0.05, 0) is 24.1 Å². The van der Waals surface area contributed by atoms with Gasteiger partial charge in [0, 0.05) is 0 Å². The van der Waals surface area contributed by atoms with Crippen LogP contribution in [0.3, 0.4) is 0 Å². The van der Waals surface area contributed by atoms with Crippen LogP contribution in [0, 0.1) is 0 Å². The van der Waals surface area contributed by atoms with Crippen LogP contribution in [0.15, 0.2) is 58.9 Å². The number of benzene rings is 2. The first kappa shape index (κ1) is 19.4. The third-order valence-corrected chi connectivity index (χ3v) is 6.20. The van der Waals surface area contributed by atoms with Gasteiger partial charge < -0.3 is 0 Å². The number of hydrazine groups is 1. The molecule has 0 unspecified atom stereocenters. The molecule has 3 aromatic rings. The molecular formula is C20H21N3O2S2. The van der Waals surface area contributed by atoms with Crippen LogP contribution < -0.4 is 10.9 Å². The minimum Gasteiger partial charge on any atom is -0.273 e. The van der Waals surface area contributed by atoms with E-state index in [-0.39, 0.29) is 23.5 Å². The Bertz CT molecular complexity index is 879. The lowest BCUT2D eigenvalue weighted by Gasteiger charge is -2.16. The molecule has 140 valence electrons. The van der Waals surface area contributed by atoms with Crippen LogP contribution in [0.2, 0.25) is 0 Å². The van der Waals surface area contributed by atoms with Gasteiger partial charge in [-0.1, -0.05) is 67.6 Å². The summed E-state index contributed by atoms with van der Waals surface area (Å²) < 4.78 is 1.94. The van der Waals surface area contributed by atoms with Gasteiger partial charge in [0.2, 0.25) is 11.8 Å². The first-order valence-electron chi connectivity index (χ1n) is 8.79. The van der Waals surface area contributed by atoms with Gasteiger partial charge in [0.25, 0.3) is 0 Å². The van der Waals surface area contributed by atoms with Gasteiger partial charge >= 0.3 is 0 Å². The van der Waals surface area contributed by atoms with Crippen molar-refractivity contribution in [2.45, 2.75) is 30.0 Å². The van der Waals surface area contributed by atoms with Gasteiger partial charge in [0.1, 0.15) is 0 Å². The lowest BCUT2D eigenvalue weighted by molar-refractivity contribution is -0.128. The zero-order chi connectivity index (χ0) is 19.1. The molecule has 2 amide bonds. The number of carbonyl (C=O) groups excluding carboxylic acids is 2. The summed E-state index contributed by atoms with van der Waals surface area (Å²) in [5.41, 5.74) is 6.96. The summed E-state index contributed by atoms with van der Waals surface area (Å²) in [7, 11) is 0. The van der Waals surface area contributed by atoms with Crippen LogP contribution >= 0.6 is 23.1 Å². The number of fused-ring (bicyclic) bond motifs is 1. The molecule has 1 atom stereocenters. The molecule has 0 saturated heterocycles. The Kier molecular flexibility index (Phi) is 6.84. The van der Waals surface area contributed by atoms with Crippen molar-refractivity contribution in [3.63, 3.8) is 0 Å². The van der Waals surface area contributed by atoms with Crippen molar-refractivity contribution in [2.24, 2.45) is 0 Å². The van der Waals surface area contributed by atoms with Gasteiger partial charge in [-0.3, -0.25) is 20.4 Å². The molecule has 2 aromatic carbocycles. The van der Waals surface area contributed by atoms with Crippen LogP contribution in [0.5, 0.6) is 0 Å². The molecule has 2 N–H and O–H groups in total. The summed E-state index contributed by atoms with van der Waals surface area (Å²) in [5, 5.41) is 0. The molecule has 0 radical (unpaired) electrons. The molecule has 3 rings (SSSR count). The van der Waals surface area contributed by atoms with Crippen LogP contribution in [-0.4, -0.2) is 22.6 Å². The zero-order valence-corrected chi connectivity index (χ0v) is 16.6. The summed E-state index contributed by atoms with van der Waals surface area (Å²) in [5.74, 6) is -0.519. The number of nitrogens with zero attached hydrogens (tertiary/aromatic N) is 1. The van der Waals surface area contributed by atoms with Gasteiger partial charge in [0.15, 0.2) is 4.34 Å². The molecule has 7 heteroatoms. The minimum atomic E-state index is -0.270. The van der Waals surface area contributed by atoms with E-state index < -0.39 is 0 Å². The van der Waals surface area contributed by atoms with E-state index in [9.17, 15) is 9.59 Å². The highest BCUT2D eigenvalue weighted by Crippen LogP contribution is 2.29. The minimum absolute atomic E-state index is 0.193. The van der Waals surface area contributed by atoms with Crippen molar-refractivity contribution >= 4 is 45.1 Å². The number of hydrogen-bond acceptors (Lipinski definition) is 5. The van der Waals surface area contributed by atoms with Crippen molar-refractivity contribution in [2.75, 3.05) is 5.75 Å². The average Bonchev–Trinajstić information content (AvgIpc) is 3.12. The second-order valence-corrected chi connectivity index (χ2v) is 8.28. The molecule has 0 aliphatic carbocycles. The Labute approximate surface area is 166 Å². The standard InChI is InChI=1S/C20H21N3O2S2/c1-2-8-15(14-9-4-3-5-10-14)19(25)23-22-18(24)13-26-20-21-16-11-6-7-12-17(16)27-20/h3-7,9-12,15H,2,8,13H2,1H3,(H,22,24)(H,23,25)/t15-/m0/s1. The second-order valence-electron chi connectivity index (χ2n) is 6.03. The zero-order valence-electron chi connectivity index (χ0n) is 15.0. The Hall–Kier alpha value is -2.38. The van der Waals surface area contributed by atoms with Gasteiger partial charge in [0.05, 0.1) is 21.9 Å². The number of aromatic nitrogens is 1. The van der Waals surface area contributed by atoms with Crippen LogP contribution in [0.1, 0.15) is 31.2 Å². The maximum atomic E-state index is 12.5. The fraction of sp³-hybridized carbons (Fsp3) is 0.250. The Morgan fingerprint density at radius 3 is 2.56 bits per heavy atom. The highest BCUT2D eigenvalue weighted by atomic mass is 32.2. The first-order valence-corrected chi connectivity index (χ1v) is 10.6. The number of carbonyl (C=O) groups is 2. The maximum Gasteiger partial charge on any atom is 0.248 e. The van der Waals surface area contributed by atoms with Crippen molar-refractivity contribution in [3.8, 4) is 0 Å². The monoisotopic (exact) mass is 399 g/mol. The van der Waals surface area contributed by atoms with Crippen LogP contribution in [0.4, 0.5) is 0 Å². The van der Waals surface area contributed by atoms with E-state index >= 15 is 0 Å². The Morgan fingerprint density at radius 1 is 1.07 bits per heavy atom. The number of nitrogens with one attached hydrogen (secondary N) is 2. The lowest BCUT2D eigenvalue weighted by Crippen LogP contribution is -2.44. The lowest BCUT2D eigenvalue weighted by atomic mass is 9.94. The molecule has 0 aliphatic rings. The molecule has 0 spiro atoms. The van der Waals surface area contributed by atoms with Crippen LogP contribution in [0.25, 0.3) is 10.2 Å². The predicted molar refractivity (Wildman–Crippen MR) is 111 cm³/mol. The summed E-state index contributed by atoms with van der Waals surface area (Å²) >= 11 is 2.92. The maximum absolute atomic E-state index is 12.5. The van der Waals surface area contributed by atoms with E-state index in [1.165, 1.54) is 11.8 Å². The van der Waals surface area contributed by atoms with E-state index in [4.69, 9.17) is 0 Å². The fourth-order valence-electron chi connectivity index (χ4n) is 2.72. The largest absolute Gasteiger partial charge is 0.273 e. The predicted octanol–water partition coefficient (Wildman–Crippen LogP) is 4.12. The van der Waals surface area contributed by atoms with E-state index in [1.54, 1.807) is 11.3 Å². The van der Waals surface area contributed by atoms with E-state index in [0.717, 1.165) is 33.0 Å². The van der Waals surface area contributed by atoms with E-state index in [2.05, 4.69) is 15.8 Å². The summed E-state index contributed by atoms with van der Waals surface area (Å²) in [6.07, 6.45) is 1.61. The average molecular weight is 400 g/mol. The molecule has 5 nitrogen and oxygen atoms in total. The summed E-state index contributed by atoms with van der Waals surface area (Å²) in [4.78, 5) is 29.1. The molecule has 0 fully saturated rings. The van der Waals surface area contributed by atoms with Crippen LogP contribution in [-0.2, 0) is 9.59 Å². The number of thiazole rings is 1. The highest BCUT2D eigenvalue weighted by Gasteiger charge is 2.20. The fourth-order valence-corrected chi connectivity index (χ4v) is 4.59. The van der Waals surface area contributed by atoms with Crippen molar-refractivity contribution in [3.05, 3.63) is 60.2 Å². The number of rotatable bonds is 7. The second kappa shape index (κ2) is 9.53. The number of thioether (sulfide) groups is 1. The number of para-hydroxylation sites is 1. The SMILES string of the molecule is CCC[C@H](C(=O)NNC(=O)CSc1nc2ccccc2s1)c1ccccc1. The van der Waals surface area contributed by atoms with Gasteiger partial charge in [-0.2, -0.15) is 0 Å². The molecule has 0 saturated carbocycles. The number of hydrogen-bond donors (Lipinski definition) is 2. The Morgan fingerprint density at radius 2 is 1.81 bits per heavy atom. The first-order chi connectivity index (χ1) is 13.2. The van der Waals surface area contributed by atoms with Crippen molar-refractivity contribution < 1.29 is 9.59 Å². The van der Waals surface area contributed by atoms with Gasteiger partial charge in [-0.15, -0.1) is 11.3 Å². The highest BCUT2D eigenvalue weighted by molar-refractivity contribution is 8.01. The smallest absolute Gasteiger partial charge is 0.248 e. The van der Waals surface area contributed by atoms with Crippen molar-refractivity contribution in [1.82, 2.24) is 15.8 Å². The summed E-state index contributed by atoms with van der Waals surface area (Å²) in [6.45, 7) is 2.04. The molecule has 1 heterocycles. The van der Waals surface area contributed by atoms with Gasteiger partial charge in [-0.25, -0.2) is 4.98 Å². The third-order valence-electron chi connectivity index (χ3n) is 4.02. The topological polar surface area (TPSA) is 71.1 Å². The third kappa shape index (κ3) is 5.30. The molecule has 27 heavy (non-hydrogen) atoms.